The minimum Gasteiger partial charge on any atom is -0.481 e. The first kappa shape index (κ1) is 16.9. The molecule has 0 atom stereocenters. The van der Waals surface area contributed by atoms with Crippen LogP contribution in [0.2, 0.25) is 0 Å². The zero-order chi connectivity index (χ0) is 15.8. The number of hydrogen-bond donors (Lipinski definition) is 1. The van der Waals surface area contributed by atoms with Crippen molar-refractivity contribution in [1.29, 1.82) is 0 Å². The number of carboxylic acids is 1. The van der Waals surface area contributed by atoms with Gasteiger partial charge in [0.05, 0.1) is 6.61 Å². The highest BCUT2D eigenvalue weighted by atomic mass is 16.5. The molecule has 1 aromatic rings. The Balaban J connectivity index is 2.94. The molecule has 21 heavy (non-hydrogen) atoms. The topological polar surface area (TPSA) is 92.6 Å². The number of aryl methyl sites for hydroxylation is 1. The van der Waals surface area contributed by atoms with Crippen molar-refractivity contribution in [3.05, 3.63) is 17.6 Å². The normalized spacial score (nSPS) is 10.2. The van der Waals surface area contributed by atoms with Crippen LogP contribution in [0, 0.1) is 0 Å². The lowest BCUT2D eigenvalue weighted by molar-refractivity contribution is -0.137. The van der Waals surface area contributed by atoms with Gasteiger partial charge in [0.25, 0.3) is 0 Å². The predicted octanol–water partition coefficient (Wildman–Crippen LogP) is 1.52. The van der Waals surface area contributed by atoms with Crippen LogP contribution < -0.4 is 4.90 Å². The van der Waals surface area contributed by atoms with Crippen molar-refractivity contribution in [2.24, 2.45) is 0 Å². The fourth-order valence-corrected chi connectivity index (χ4v) is 1.80. The molecule has 0 aliphatic carbocycles. The lowest BCUT2D eigenvalue weighted by Gasteiger charge is -2.20. The van der Waals surface area contributed by atoms with Crippen LogP contribution in [0.1, 0.15) is 42.9 Å². The fourth-order valence-electron chi connectivity index (χ4n) is 1.80. The number of aromatic nitrogens is 2. The second-order valence-corrected chi connectivity index (χ2v) is 4.52. The molecule has 1 rings (SSSR count). The average Bonchev–Trinajstić information content (AvgIpc) is 2.46. The van der Waals surface area contributed by atoms with E-state index < -0.39 is 11.9 Å². The van der Waals surface area contributed by atoms with Crippen molar-refractivity contribution in [3.63, 3.8) is 0 Å². The van der Waals surface area contributed by atoms with Crippen LogP contribution in [0.5, 0.6) is 0 Å². The van der Waals surface area contributed by atoms with E-state index in [1.807, 2.05) is 6.92 Å². The first-order valence-corrected chi connectivity index (χ1v) is 6.95. The van der Waals surface area contributed by atoms with Crippen molar-refractivity contribution < 1.29 is 19.4 Å². The fraction of sp³-hybridized carbons (Fsp3) is 0.571. The molecule has 0 fully saturated rings. The van der Waals surface area contributed by atoms with Crippen LogP contribution >= 0.6 is 0 Å². The third-order valence-electron chi connectivity index (χ3n) is 2.88. The zero-order valence-electron chi connectivity index (χ0n) is 12.6. The molecule has 1 aromatic heterocycles. The molecule has 116 valence electrons. The Labute approximate surface area is 124 Å². The summed E-state index contributed by atoms with van der Waals surface area (Å²) < 4.78 is 5.00. The number of anilines is 1. The molecule has 1 heterocycles. The monoisotopic (exact) mass is 295 g/mol. The smallest absolute Gasteiger partial charge is 0.343 e. The number of carbonyl (C=O) groups excluding carboxylic acids is 1. The van der Waals surface area contributed by atoms with E-state index in [1.165, 1.54) is 6.20 Å². The van der Waals surface area contributed by atoms with E-state index in [9.17, 15) is 9.59 Å². The van der Waals surface area contributed by atoms with E-state index in [1.54, 1.807) is 18.9 Å². The first-order chi connectivity index (χ1) is 9.99. The standard InChI is InChI=1S/C14H21N3O4/c1-4-11-15-9-10(14(20)21-5-2)13(16-11)17(3)8-6-7-12(18)19/h9H,4-8H2,1-3H3,(H,18,19). The number of carboxylic acid groups (broad SMARTS) is 1. The summed E-state index contributed by atoms with van der Waals surface area (Å²) >= 11 is 0. The summed E-state index contributed by atoms with van der Waals surface area (Å²) in [6, 6.07) is 0. The maximum Gasteiger partial charge on any atom is 0.343 e. The molecule has 7 heteroatoms. The van der Waals surface area contributed by atoms with Gasteiger partial charge in [0.15, 0.2) is 0 Å². The van der Waals surface area contributed by atoms with Gasteiger partial charge in [-0.05, 0) is 13.3 Å². The number of rotatable bonds is 8. The molecule has 0 bridgehead atoms. The molecule has 0 aromatic carbocycles. The number of aliphatic carboxylic acids is 1. The molecule has 0 aliphatic heterocycles. The van der Waals surface area contributed by atoms with Crippen LogP contribution in [-0.2, 0) is 16.0 Å². The van der Waals surface area contributed by atoms with Gasteiger partial charge in [0, 0.05) is 32.6 Å². The summed E-state index contributed by atoms with van der Waals surface area (Å²) in [6.45, 7) is 4.42. The quantitative estimate of drug-likeness (QED) is 0.727. The number of hydrogen-bond acceptors (Lipinski definition) is 6. The van der Waals surface area contributed by atoms with E-state index in [4.69, 9.17) is 9.84 Å². The van der Waals surface area contributed by atoms with Gasteiger partial charge in [-0.2, -0.15) is 0 Å². The van der Waals surface area contributed by atoms with E-state index in [0.717, 1.165) is 0 Å². The van der Waals surface area contributed by atoms with Crippen LogP contribution in [0.3, 0.4) is 0 Å². The van der Waals surface area contributed by atoms with Gasteiger partial charge in [0.2, 0.25) is 0 Å². The van der Waals surface area contributed by atoms with Crippen molar-refractivity contribution in [2.75, 3.05) is 25.1 Å². The van der Waals surface area contributed by atoms with Gasteiger partial charge in [0.1, 0.15) is 17.2 Å². The van der Waals surface area contributed by atoms with Crippen LogP contribution in [0.25, 0.3) is 0 Å². The lowest BCUT2D eigenvalue weighted by atomic mass is 10.2. The van der Waals surface area contributed by atoms with Gasteiger partial charge in [-0.25, -0.2) is 14.8 Å². The SMILES string of the molecule is CCOC(=O)c1cnc(CC)nc1N(C)CCCC(=O)O. The Morgan fingerprint density at radius 1 is 1.38 bits per heavy atom. The minimum atomic E-state index is -0.842. The molecule has 0 amide bonds. The van der Waals surface area contributed by atoms with Gasteiger partial charge < -0.3 is 14.7 Å². The Bertz CT molecular complexity index is 505. The predicted molar refractivity (Wildman–Crippen MR) is 77.5 cm³/mol. The third kappa shape index (κ3) is 5.02. The molecule has 0 saturated heterocycles. The van der Waals surface area contributed by atoms with Gasteiger partial charge in [-0.15, -0.1) is 0 Å². The van der Waals surface area contributed by atoms with Crippen LogP contribution in [-0.4, -0.2) is 47.2 Å². The second-order valence-electron chi connectivity index (χ2n) is 4.52. The molecule has 0 radical (unpaired) electrons. The van der Waals surface area contributed by atoms with Crippen molar-refractivity contribution in [3.8, 4) is 0 Å². The Morgan fingerprint density at radius 2 is 2.10 bits per heavy atom. The van der Waals surface area contributed by atoms with Crippen molar-refractivity contribution >= 4 is 17.8 Å². The van der Waals surface area contributed by atoms with Gasteiger partial charge >= 0.3 is 11.9 Å². The minimum absolute atomic E-state index is 0.0742. The summed E-state index contributed by atoms with van der Waals surface area (Å²) in [5.74, 6) is -0.208. The largest absolute Gasteiger partial charge is 0.481 e. The lowest BCUT2D eigenvalue weighted by Crippen LogP contribution is -2.24. The van der Waals surface area contributed by atoms with E-state index in [2.05, 4.69) is 9.97 Å². The molecular formula is C14H21N3O4. The molecule has 0 aliphatic rings. The summed E-state index contributed by atoms with van der Waals surface area (Å²) in [5.41, 5.74) is 0.298. The molecule has 0 spiro atoms. The Kier molecular flexibility index (Phi) is 6.58. The third-order valence-corrected chi connectivity index (χ3v) is 2.88. The van der Waals surface area contributed by atoms with E-state index in [0.29, 0.717) is 36.6 Å². The molecule has 1 N–H and O–H groups in total. The Hall–Kier alpha value is -2.18. The number of nitrogens with zero attached hydrogens (tertiary/aromatic N) is 3. The van der Waals surface area contributed by atoms with Crippen molar-refractivity contribution in [2.45, 2.75) is 33.1 Å². The van der Waals surface area contributed by atoms with Crippen molar-refractivity contribution in [1.82, 2.24) is 9.97 Å². The highest BCUT2D eigenvalue weighted by Crippen LogP contribution is 2.18. The zero-order valence-corrected chi connectivity index (χ0v) is 12.6. The molecule has 0 unspecified atom stereocenters. The summed E-state index contributed by atoms with van der Waals surface area (Å²) in [4.78, 5) is 32.7. The van der Waals surface area contributed by atoms with E-state index in [-0.39, 0.29) is 13.0 Å². The second kappa shape index (κ2) is 8.18. The number of ether oxygens (including phenoxy) is 1. The van der Waals surface area contributed by atoms with E-state index >= 15 is 0 Å². The average molecular weight is 295 g/mol. The summed E-state index contributed by atoms with van der Waals surface area (Å²) in [6.07, 6.45) is 2.66. The van der Waals surface area contributed by atoms with Crippen LogP contribution in [0.15, 0.2) is 6.20 Å². The first-order valence-electron chi connectivity index (χ1n) is 6.95. The maximum absolute atomic E-state index is 11.9. The molecular weight excluding hydrogens is 274 g/mol. The summed E-state index contributed by atoms with van der Waals surface area (Å²) in [7, 11) is 1.77. The number of esters is 1. The maximum atomic E-state index is 11.9. The van der Waals surface area contributed by atoms with Crippen LogP contribution in [0.4, 0.5) is 5.82 Å². The number of carbonyl (C=O) groups is 2. The Morgan fingerprint density at radius 3 is 2.67 bits per heavy atom. The molecule has 7 nitrogen and oxygen atoms in total. The highest BCUT2D eigenvalue weighted by Gasteiger charge is 2.18. The highest BCUT2D eigenvalue weighted by molar-refractivity contribution is 5.94. The molecule has 0 saturated carbocycles. The summed E-state index contributed by atoms with van der Waals surface area (Å²) in [5, 5.41) is 8.67. The van der Waals surface area contributed by atoms with Gasteiger partial charge in [-0.1, -0.05) is 6.92 Å². The van der Waals surface area contributed by atoms with Gasteiger partial charge in [-0.3, -0.25) is 4.79 Å².